The van der Waals surface area contributed by atoms with Crippen molar-refractivity contribution in [3.8, 4) is 0 Å². The lowest BCUT2D eigenvalue weighted by Gasteiger charge is -2.26. The third-order valence-electron chi connectivity index (χ3n) is 12.4. The van der Waals surface area contributed by atoms with Crippen molar-refractivity contribution in [1.82, 2.24) is 0 Å². The van der Waals surface area contributed by atoms with Crippen molar-refractivity contribution in [3.63, 3.8) is 0 Å². The van der Waals surface area contributed by atoms with Gasteiger partial charge in [-0.15, -0.1) is 0 Å². The molecule has 81 heavy (non-hydrogen) atoms. The Kier molecular flexibility index (Phi) is 56.7. The third kappa shape index (κ3) is 62.1. The van der Waals surface area contributed by atoms with Crippen molar-refractivity contribution in [3.05, 3.63) is 170 Å². The molecule has 9 heteroatoms. The Bertz CT molecular complexity index is 1930. The van der Waals surface area contributed by atoms with Gasteiger partial charge in [0.2, 0.25) is 0 Å². The predicted octanol–water partition coefficient (Wildman–Crippen LogP) is 17.8. The molecular formula is C72H113NO8. The second-order valence-corrected chi connectivity index (χ2v) is 21.3. The van der Waals surface area contributed by atoms with Gasteiger partial charge >= 0.3 is 11.9 Å². The summed E-state index contributed by atoms with van der Waals surface area (Å²) < 4.78 is 22.6. The van der Waals surface area contributed by atoms with Crippen LogP contribution in [0, 0.1) is 0 Å². The fraction of sp³-hybridized carbons (Fsp3) is 0.569. The zero-order valence-corrected chi connectivity index (χ0v) is 51.6. The highest BCUT2D eigenvalue weighted by molar-refractivity contribution is 5.70. The summed E-state index contributed by atoms with van der Waals surface area (Å²) in [5, 5.41) is 11.8. The molecule has 0 aliphatic heterocycles. The summed E-state index contributed by atoms with van der Waals surface area (Å²) in [6, 6.07) is 0. The Morgan fingerprint density at radius 2 is 0.704 bits per heavy atom. The molecular weight excluding hydrogens is 1010 g/mol. The van der Waals surface area contributed by atoms with Gasteiger partial charge in [0, 0.05) is 12.8 Å². The van der Waals surface area contributed by atoms with E-state index in [1.807, 2.05) is 21.1 Å². The molecule has 0 rings (SSSR count). The number of carboxylic acids is 1. The first-order valence-electron chi connectivity index (χ1n) is 31.3. The third-order valence-corrected chi connectivity index (χ3v) is 12.4. The summed E-state index contributed by atoms with van der Waals surface area (Å²) in [5.41, 5.74) is 0. The molecule has 454 valence electrons. The van der Waals surface area contributed by atoms with E-state index in [0.29, 0.717) is 23.9 Å². The maximum absolute atomic E-state index is 12.9. The fourth-order valence-corrected chi connectivity index (χ4v) is 7.66. The van der Waals surface area contributed by atoms with Gasteiger partial charge in [-0.05, 0) is 135 Å². The molecule has 0 aliphatic rings. The molecule has 0 spiro atoms. The van der Waals surface area contributed by atoms with Crippen LogP contribution in [0.1, 0.15) is 206 Å². The van der Waals surface area contributed by atoms with Crippen LogP contribution in [-0.4, -0.2) is 82.3 Å². The number of likely N-dealkylation sites (N-methyl/N-ethyl adjacent to an activating group) is 1. The summed E-state index contributed by atoms with van der Waals surface area (Å²) in [4.78, 5) is 37.3. The molecule has 0 aliphatic carbocycles. The van der Waals surface area contributed by atoms with Gasteiger partial charge in [-0.3, -0.25) is 9.59 Å². The van der Waals surface area contributed by atoms with E-state index in [-0.39, 0.29) is 38.6 Å². The largest absolute Gasteiger partial charge is 0.545 e. The van der Waals surface area contributed by atoms with Crippen LogP contribution >= 0.6 is 0 Å². The molecule has 0 saturated carbocycles. The predicted molar refractivity (Wildman–Crippen MR) is 342 cm³/mol. The number of quaternary nitrogens is 1. The maximum Gasteiger partial charge on any atom is 0.306 e. The van der Waals surface area contributed by atoms with Crippen LogP contribution in [0.3, 0.4) is 0 Å². The van der Waals surface area contributed by atoms with E-state index in [9.17, 15) is 19.5 Å². The number of hydrogen-bond donors (Lipinski definition) is 0. The molecule has 0 amide bonds. The fourth-order valence-electron chi connectivity index (χ4n) is 7.66. The monoisotopic (exact) mass is 1120 g/mol. The summed E-state index contributed by atoms with van der Waals surface area (Å²) in [6.07, 6.45) is 88.5. The zero-order chi connectivity index (χ0) is 59.1. The minimum atomic E-state index is -1.64. The average Bonchev–Trinajstić information content (AvgIpc) is 3.44. The zero-order valence-electron chi connectivity index (χ0n) is 51.6. The van der Waals surface area contributed by atoms with E-state index >= 15 is 0 Å². The summed E-state index contributed by atoms with van der Waals surface area (Å²) >= 11 is 0. The number of carbonyl (C=O) groups is 3. The quantitative estimate of drug-likeness (QED) is 0.0195. The van der Waals surface area contributed by atoms with E-state index in [2.05, 4.69) is 184 Å². The molecule has 2 atom stereocenters. The lowest BCUT2D eigenvalue weighted by Crippen LogP contribution is -2.44. The Morgan fingerprint density at radius 3 is 1.05 bits per heavy atom. The number of carbonyl (C=O) groups excluding carboxylic acids is 3. The average molecular weight is 1120 g/mol. The van der Waals surface area contributed by atoms with Gasteiger partial charge < -0.3 is 33.3 Å². The highest BCUT2D eigenvalue weighted by Crippen LogP contribution is 2.12. The number of esters is 2. The molecule has 2 unspecified atom stereocenters. The van der Waals surface area contributed by atoms with Gasteiger partial charge in [0.15, 0.2) is 12.4 Å². The minimum Gasteiger partial charge on any atom is -0.545 e. The lowest BCUT2D eigenvalue weighted by atomic mass is 10.1. The lowest BCUT2D eigenvalue weighted by molar-refractivity contribution is -0.870. The normalized spacial score (nSPS) is 13.9. The van der Waals surface area contributed by atoms with E-state index in [1.165, 1.54) is 25.7 Å². The van der Waals surface area contributed by atoms with Gasteiger partial charge in [-0.2, -0.15) is 0 Å². The molecule has 0 N–H and O–H groups in total. The molecule has 0 fully saturated rings. The number of allylic oxidation sites excluding steroid dienone is 28. The van der Waals surface area contributed by atoms with Gasteiger partial charge in [0.1, 0.15) is 13.2 Å². The van der Waals surface area contributed by atoms with E-state index in [4.69, 9.17) is 18.9 Å². The first-order valence-corrected chi connectivity index (χ1v) is 31.3. The number of carboxylic acid groups (broad SMARTS) is 1. The van der Waals surface area contributed by atoms with Crippen molar-refractivity contribution in [2.75, 3.05) is 47.5 Å². The Morgan fingerprint density at radius 1 is 0.383 bits per heavy atom. The van der Waals surface area contributed by atoms with Crippen LogP contribution in [0.25, 0.3) is 0 Å². The molecule has 0 aromatic rings. The first-order chi connectivity index (χ1) is 39.6. The number of rotatable bonds is 55. The maximum atomic E-state index is 12.9. The van der Waals surface area contributed by atoms with E-state index in [0.717, 1.165) is 141 Å². The van der Waals surface area contributed by atoms with Crippen molar-refractivity contribution in [2.24, 2.45) is 0 Å². The van der Waals surface area contributed by atoms with Crippen LogP contribution < -0.4 is 5.11 Å². The van der Waals surface area contributed by atoms with Gasteiger partial charge in [0.05, 0.1) is 40.3 Å². The summed E-state index contributed by atoms with van der Waals surface area (Å²) in [5.74, 6) is -2.36. The smallest absolute Gasteiger partial charge is 0.306 e. The Labute approximate surface area is 495 Å². The van der Waals surface area contributed by atoms with Gasteiger partial charge in [0.25, 0.3) is 0 Å². The number of unbranched alkanes of at least 4 members (excludes halogenated alkanes) is 12. The molecule has 9 nitrogen and oxygen atoms in total. The van der Waals surface area contributed by atoms with Crippen molar-refractivity contribution < 1.29 is 42.9 Å². The van der Waals surface area contributed by atoms with Gasteiger partial charge in [-0.25, -0.2) is 0 Å². The molecule has 0 aromatic carbocycles. The van der Waals surface area contributed by atoms with Crippen LogP contribution in [-0.2, 0) is 33.3 Å². The number of aliphatic carboxylic acids is 1. The number of ether oxygens (including phenoxy) is 4. The van der Waals surface area contributed by atoms with Crippen LogP contribution in [0.4, 0.5) is 0 Å². The van der Waals surface area contributed by atoms with Crippen molar-refractivity contribution in [1.29, 1.82) is 0 Å². The molecule has 0 saturated heterocycles. The van der Waals surface area contributed by atoms with Crippen molar-refractivity contribution >= 4 is 17.9 Å². The number of hydrogen-bond acceptors (Lipinski definition) is 8. The molecule has 0 radical (unpaired) electrons. The summed E-state index contributed by atoms with van der Waals surface area (Å²) in [7, 11) is 5.89. The summed E-state index contributed by atoms with van der Waals surface area (Å²) in [6.45, 7) is 4.52. The van der Waals surface area contributed by atoms with Crippen LogP contribution in [0.5, 0.6) is 0 Å². The molecule has 0 heterocycles. The van der Waals surface area contributed by atoms with Gasteiger partial charge in [-0.1, -0.05) is 229 Å². The molecule has 0 bridgehead atoms. The SMILES string of the molecule is CC/C=C\C/C=C\C/C=C\C/C=C\C/C=C\C/C=C\C/C=C\C/C=C\C/C=C\C/C=C\C/C=C\C/C=C\CCCCCCC(=O)OC(COC(=O)CCCCCCC/C=C\C/C=C\CCCCC)COC(OCC[N+](C)(C)C)C(=O)[O-]. The van der Waals surface area contributed by atoms with E-state index in [1.54, 1.807) is 0 Å². The molecule has 0 aromatic heterocycles. The Balaban J connectivity index is 4.26. The van der Waals surface area contributed by atoms with Crippen LogP contribution in [0.2, 0.25) is 0 Å². The van der Waals surface area contributed by atoms with Crippen LogP contribution in [0.15, 0.2) is 170 Å². The second-order valence-electron chi connectivity index (χ2n) is 21.3. The second kappa shape index (κ2) is 60.7. The minimum absolute atomic E-state index is 0.131. The van der Waals surface area contributed by atoms with E-state index < -0.39 is 24.3 Å². The number of nitrogens with zero attached hydrogens (tertiary/aromatic N) is 1. The highest BCUT2D eigenvalue weighted by atomic mass is 16.7. The Hall–Kier alpha value is -5.35. The highest BCUT2D eigenvalue weighted by Gasteiger charge is 2.22. The van der Waals surface area contributed by atoms with Crippen molar-refractivity contribution in [2.45, 2.75) is 219 Å². The topological polar surface area (TPSA) is 111 Å². The standard InChI is InChI=1S/C72H113NO8/c1-6-8-10-12-14-16-18-20-22-23-24-25-26-27-28-29-30-31-32-33-34-35-36-37-38-39-40-41-42-43-44-45-46-47-49-51-53-55-57-59-61-63-70(75)81-68(67-80-72(71(76)77)78-65-64-73(3,4)5)66-79-69(74)62-60-58-56-54-52-50-48-21-19-17-15-13-11-9-7-2/h8,10,14-17,20-22,24-25,27-28,30-31,33-34,36-37,39-40,42-43,45-46,48-49,51,68,72H,6-7,9,11-13,18-19,23,26,29,32,35,38,41,44,47,50,52-67H2,1-5H3/b10-8-,16-14-,17-15-,22-20-,25-24-,28-27-,31-30-,34-33-,37-36-,40-39-,43-42-,46-45-,48-21-,51-49-. The first kappa shape index (κ1) is 75.7.